The summed E-state index contributed by atoms with van der Waals surface area (Å²) >= 11 is 1.38. The Bertz CT molecular complexity index is 1480. The number of fused-ring (bicyclic) bond motifs is 1. The van der Waals surface area contributed by atoms with Crippen molar-refractivity contribution in [3.63, 3.8) is 0 Å². The Labute approximate surface area is 230 Å². The second-order valence-electron chi connectivity index (χ2n) is 9.95. The molecule has 1 N–H and O–H groups in total. The topological polar surface area (TPSA) is 71.5 Å². The summed E-state index contributed by atoms with van der Waals surface area (Å²) in [5.74, 6) is 0.396. The highest BCUT2D eigenvalue weighted by atomic mass is 32.1. The molecule has 1 aliphatic carbocycles. The minimum Gasteiger partial charge on any atom is -0.486 e. The largest absolute Gasteiger partial charge is 0.486 e. The van der Waals surface area contributed by atoms with E-state index in [1.54, 1.807) is 17.5 Å². The summed E-state index contributed by atoms with van der Waals surface area (Å²) in [7, 11) is 0. The van der Waals surface area contributed by atoms with Crippen LogP contribution in [0.1, 0.15) is 56.6 Å². The summed E-state index contributed by atoms with van der Waals surface area (Å²) in [6, 6.07) is 21.8. The first-order valence-corrected chi connectivity index (χ1v) is 14.0. The van der Waals surface area contributed by atoms with Gasteiger partial charge in [-0.15, -0.1) is 11.3 Å². The number of nitrogens with zero attached hydrogens (tertiary/aromatic N) is 2. The van der Waals surface area contributed by atoms with Crippen LogP contribution in [-0.4, -0.2) is 28.2 Å². The Morgan fingerprint density at radius 3 is 2.62 bits per heavy atom. The number of carbonyl (C=O) groups is 2. The number of amides is 2. The molecule has 1 aromatic heterocycles. The Hall–Kier alpha value is -4.04. The molecule has 1 aliphatic heterocycles. The molecule has 6 nitrogen and oxygen atoms in total. The van der Waals surface area contributed by atoms with Crippen LogP contribution in [-0.2, 0) is 24.4 Å². The van der Waals surface area contributed by atoms with E-state index in [-0.39, 0.29) is 36.2 Å². The molecular formula is C31H28FN3O3S. The van der Waals surface area contributed by atoms with E-state index in [0.717, 1.165) is 41.5 Å². The van der Waals surface area contributed by atoms with Gasteiger partial charge in [0.25, 0.3) is 5.91 Å². The normalized spacial score (nSPS) is 16.4. The third-order valence-corrected chi connectivity index (χ3v) is 8.01. The number of hydrogen-bond donors (Lipinski definition) is 1. The smallest absolute Gasteiger partial charge is 0.271 e. The zero-order valence-corrected chi connectivity index (χ0v) is 22.1. The Balaban J connectivity index is 1.17. The van der Waals surface area contributed by atoms with Crippen LogP contribution in [0.2, 0.25) is 0 Å². The molecule has 198 valence electrons. The third-order valence-electron chi connectivity index (χ3n) is 7.18. The molecule has 0 spiro atoms. The van der Waals surface area contributed by atoms with Crippen molar-refractivity contribution in [2.24, 2.45) is 5.92 Å². The van der Waals surface area contributed by atoms with Gasteiger partial charge in [0, 0.05) is 24.4 Å². The number of benzene rings is 3. The van der Waals surface area contributed by atoms with Gasteiger partial charge in [-0.3, -0.25) is 9.59 Å². The lowest BCUT2D eigenvalue weighted by molar-refractivity contribution is -0.134. The van der Waals surface area contributed by atoms with E-state index in [1.165, 1.54) is 23.5 Å². The molecule has 39 heavy (non-hydrogen) atoms. The molecule has 0 bridgehead atoms. The number of carbonyl (C=O) groups excluding carboxylic acids is 2. The first kappa shape index (κ1) is 25.2. The fourth-order valence-corrected chi connectivity index (χ4v) is 5.67. The average Bonchev–Trinajstić information content (AvgIpc) is 3.72. The van der Waals surface area contributed by atoms with E-state index in [4.69, 9.17) is 4.74 Å². The molecule has 6 rings (SSSR count). The van der Waals surface area contributed by atoms with E-state index in [2.05, 4.69) is 10.3 Å². The molecule has 1 fully saturated rings. The van der Waals surface area contributed by atoms with Crippen LogP contribution in [0.4, 0.5) is 4.39 Å². The average molecular weight is 542 g/mol. The zero-order valence-electron chi connectivity index (χ0n) is 21.3. The molecular weight excluding hydrogens is 513 g/mol. The molecule has 1 atom stereocenters. The predicted molar refractivity (Wildman–Crippen MR) is 147 cm³/mol. The first-order valence-electron chi connectivity index (χ1n) is 13.1. The predicted octanol–water partition coefficient (Wildman–Crippen LogP) is 5.68. The van der Waals surface area contributed by atoms with Gasteiger partial charge >= 0.3 is 0 Å². The van der Waals surface area contributed by atoms with Gasteiger partial charge in [0.1, 0.15) is 28.9 Å². The van der Waals surface area contributed by atoms with E-state index in [0.29, 0.717) is 29.5 Å². The van der Waals surface area contributed by atoms with Crippen LogP contribution in [0.25, 0.3) is 0 Å². The van der Waals surface area contributed by atoms with Gasteiger partial charge in [-0.1, -0.05) is 48.5 Å². The minimum atomic E-state index is -0.302. The zero-order chi connectivity index (χ0) is 26.8. The SMILES string of the molecule is O=C(NCc1ccccc1)c1csc(COc2ccc3c(c2)C(c2ccc(F)cc2)N(C(=O)C2CC2)CC3)n1. The molecule has 4 aromatic rings. The van der Waals surface area contributed by atoms with Gasteiger partial charge in [0.15, 0.2) is 0 Å². The molecule has 2 heterocycles. The van der Waals surface area contributed by atoms with Crippen LogP contribution in [0.15, 0.2) is 78.2 Å². The molecule has 1 unspecified atom stereocenters. The van der Waals surface area contributed by atoms with Crippen LogP contribution in [0.3, 0.4) is 0 Å². The maximum Gasteiger partial charge on any atom is 0.271 e. The lowest BCUT2D eigenvalue weighted by Gasteiger charge is -2.38. The van der Waals surface area contributed by atoms with Gasteiger partial charge in [-0.2, -0.15) is 0 Å². The maximum absolute atomic E-state index is 13.7. The lowest BCUT2D eigenvalue weighted by atomic mass is 9.87. The number of hydrogen-bond acceptors (Lipinski definition) is 5. The fraction of sp³-hybridized carbons (Fsp3) is 0.258. The fourth-order valence-electron chi connectivity index (χ4n) is 4.99. The van der Waals surface area contributed by atoms with E-state index < -0.39 is 0 Å². The third kappa shape index (κ3) is 5.71. The number of thiazole rings is 1. The van der Waals surface area contributed by atoms with Crippen molar-refractivity contribution in [3.8, 4) is 5.75 Å². The molecule has 0 saturated heterocycles. The van der Waals surface area contributed by atoms with Gasteiger partial charge < -0.3 is 15.0 Å². The highest BCUT2D eigenvalue weighted by Crippen LogP contribution is 2.41. The van der Waals surface area contributed by atoms with Crippen LogP contribution in [0.5, 0.6) is 5.75 Å². The first-order chi connectivity index (χ1) is 19.0. The van der Waals surface area contributed by atoms with Gasteiger partial charge in [-0.05, 0) is 65.8 Å². The Kier molecular flexibility index (Phi) is 7.11. The molecule has 0 radical (unpaired) electrons. The van der Waals surface area contributed by atoms with Gasteiger partial charge in [-0.25, -0.2) is 9.37 Å². The standard InChI is InChI=1S/C31H28FN3O3S/c32-24-11-8-22(9-12-24)29-26-16-25(13-10-21(26)14-15-35(29)31(37)23-6-7-23)38-18-28-34-27(19-39-28)30(36)33-17-20-4-2-1-3-5-20/h1-5,8-13,16,19,23,29H,6-7,14-15,17-18H2,(H,33,36). The highest BCUT2D eigenvalue weighted by Gasteiger charge is 2.39. The summed E-state index contributed by atoms with van der Waals surface area (Å²) < 4.78 is 19.8. The van der Waals surface area contributed by atoms with Crippen LogP contribution in [0, 0.1) is 11.7 Å². The molecule has 2 aliphatic rings. The van der Waals surface area contributed by atoms with E-state index in [9.17, 15) is 14.0 Å². The Morgan fingerprint density at radius 2 is 1.85 bits per heavy atom. The van der Waals surface area contributed by atoms with Crippen molar-refractivity contribution in [2.75, 3.05) is 6.54 Å². The highest BCUT2D eigenvalue weighted by molar-refractivity contribution is 7.09. The summed E-state index contributed by atoms with van der Waals surface area (Å²) in [6.07, 6.45) is 2.63. The summed E-state index contributed by atoms with van der Waals surface area (Å²) in [5, 5.41) is 5.32. The summed E-state index contributed by atoms with van der Waals surface area (Å²) in [4.78, 5) is 32.1. The maximum atomic E-state index is 13.7. The summed E-state index contributed by atoms with van der Waals surface area (Å²) in [5.41, 5.74) is 4.43. The van der Waals surface area contributed by atoms with Gasteiger partial charge in [0.05, 0.1) is 6.04 Å². The van der Waals surface area contributed by atoms with Gasteiger partial charge in [0.2, 0.25) is 5.91 Å². The minimum absolute atomic E-state index is 0.0953. The Morgan fingerprint density at radius 1 is 1.05 bits per heavy atom. The number of nitrogens with one attached hydrogen (secondary N) is 1. The van der Waals surface area contributed by atoms with Crippen molar-refractivity contribution in [2.45, 2.75) is 38.5 Å². The number of rotatable bonds is 8. The van der Waals surface area contributed by atoms with Crippen molar-refractivity contribution in [1.29, 1.82) is 0 Å². The van der Waals surface area contributed by atoms with Crippen LogP contribution >= 0.6 is 11.3 Å². The quantitative estimate of drug-likeness (QED) is 0.312. The van der Waals surface area contributed by atoms with E-state index >= 15 is 0 Å². The molecule has 8 heteroatoms. The molecule has 3 aromatic carbocycles. The lowest BCUT2D eigenvalue weighted by Crippen LogP contribution is -2.41. The number of aromatic nitrogens is 1. The van der Waals surface area contributed by atoms with Crippen molar-refractivity contribution >= 4 is 23.2 Å². The van der Waals surface area contributed by atoms with Crippen molar-refractivity contribution < 1.29 is 18.7 Å². The van der Waals surface area contributed by atoms with Crippen molar-refractivity contribution in [1.82, 2.24) is 15.2 Å². The van der Waals surface area contributed by atoms with Crippen molar-refractivity contribution in [3.05, 3.63) is 117 Å². The van der Waals surface area contributed by atoms with E-state index in [1.807, 2.05) is 53.4 Å². The molecule has 1 saturated carbocycles. The monoisotopic (exact) mass is 541 g/mol. The second-order valence-corrected chi connectivity index (χ2v) is 10.9. The second kappa shape index (κ2) is 11.0. The molecule has 2 amide bonds. The van der Waals surface area contributed by atoms with Crippen LogP contribution < -0.4 is 10.1 Å². The number of ether oxygens (including phenoxy) is 1. The number of halogens is 1. The summed E-state index contributed by atoms with van der Waals surface area (Å²) in [6.45, 7) is 1.30.